The van der Waals surface area contributed by atoms with Gasteiger partial charge in [0, 0.05) is 30.3 Å². The molecule has 1 aliphatic rings. The molecule has 0 amide bonds. The van der Waals surface area contributed by atoms with Gasteiger partial charge in [0.1, 0.15) is 5.82 Å². The molecule has 0 bridgehead atoms. The van der Waals surface area contributed by atoms with Gasteiger partial charge in [-0.1, -0.05) is 17.7 Å². The molecular formula is C21H26N6O. The summed E-state index contributed by atoms with van der Waals surface area (Å²) in [6.07, 6.45) is 7.18. The van der Waals surface area contributed by atoms with Crippen molar-refractivity contribution in [2.75, 3.05) is 24.2 Å². The number of hydrogen-bond donors (Lipinski definition) is 2. The van der Waals surface area contributed by atoms with Crippen molar-refractivity contribution < 1.29 is 4.74 Å². The fourth-order valence-corrected chi connectivity index (χ4v) is 3.48. The zero-order chi connectivity index (χ0) is 19.5. The largest absolute Gasteiger partial charge is 0.368 e. The number of anilines is 2. The van der Waals surface area contributed by atoms with E-state index in [1.54, 1.807) is 0 Å². The van der Waals surface area contributed by atoms with Crippen molar-refractivity contribution in [1.82, 2.24) is 19.7 Å². The van der Waals surface area contributed by atoms with E-state index in [1.165, 1.54) is 5.57 Å². The van der Waals surface area contributed by atoms with Gasteiger partial charge in [-0.2, -0.15) is 10.1 Å². The molecule has 0 spiro atoms. The van der Waals surface area contributed by atoms with Crippen molar-refractivity contribution in [3.8, 4) is 11.3 Å². The van der Waals surface area contributed by atoms with Gasteiger partial charge < -0.3 is 15.8 Å². The Morgan fingerprint density at radius 1 is 1.29 bits per heavy atom. The lowest BCUT2D eigenvalue weighted by Gasteiger charge is -2.24. The van der Waals surface area contributed by atoms with Crippen LogP contribution in [-0.4, -0.2) is 32.9 Å². The van der Waals surface area contributed by atoms with Crippen LogP contribution in [0.25, 0.3) is 22.2 Å². The van der Waals surface area contributed by atoms with E-state index in [0.717, 1.165) is 53.8 Å². The lowest BCUT2D eigenvalue weighted by molar-refractivity contribution is -0.0383. The molecule has 28 heavy (non-hydrogen) atoms. The minimum atomic E-state index is -0.00814. The Morgan fingerprint density at radius 3 is 2.96 bits per heavy atom. The second-order valence-corrected chi connectivity index (χ2v) is 7.31. The summed E-state index contributed by atoms with van der Waals surface area (Å²) in [5.41, 5.74) is 10.1. The van der Waals surface area contributed by atoms with E-state index in [4.69, 9.17) is 10.5 Å². The second-order valence-electron chi connectivity index (χ2n) is 7.31. The Kier molecular flexibility index (Phi) is 5.25. The predicted molar refractivity (Wildman–Crippen MR) is 112 cm³/mol. The number of nitrogens with two attached hydrogens (primary N) is 1. The number of nitrogen functional groups attached to an aromatic ring is 1. The van der Waals surface area contributed by atoms with Crippen LogP contribution in [0.15, 0.2) is 42.1 Å². The molecule has 146 valence electrons. The first-order valence-electron chi connectivity index (χ1n) is 9.72. The number of allylic oxidation sites excluding steroid dienone is 1. The molecule has 3 aromatic rings. The van der Waals surface area contributed by atoms with Crippen LogP contribution in [0.2, 0.25) is 0 Å². The standard InChI is InChI=1S/C21H26N6O/c1-14(2)8-10-23-20-16-7-6-15(13-17(16)25-21(22)26-20)18-9-11-24-27(18)19-5-3-4-12-28-19/h6-9,11,13,19H,3-5,10,12H2,1-2H3,(H3,22,23,25,26). The average Bonchev–Trinajstić information content (AvgIpc) is 3.17. The molecule has 1 unspecified atom stereocenters. The third kappa shape index (κ3) is 3.84. The summed E-state index contributed by atoms with van der Waals surface area (Å²) in [7, 11) is 0. The normalized spacial score (nSPS) is 16.9. The fraction of sp³-hybridized carbons (Fsp3) is 0.381. The van der Waals surface area contributed by atoms with E-state index < -0.39 is 0 Å². The highest BCUT2D eigenvalue weighted by Crippen LogP contribution is 2.31. The number of benzene rings is 1. The number of aromatic nitrogens is 4. The van der Waals surface area contributed by atoms with Crippen molar-refractivity contribution in [3.63, 3.8) is 0 Å². The highest BCUT2D eigenvalue weighted by Gasteiger charge is 2.20. The van der Waals surface area contributed by atoms with Crippen molar-refractivity contribution >= 4 is 22.7 Å². The molecule has 7 heteroatoms. The first-order chi connectivity index (χ1) is 13.6. The number of rotatable bonds is 5. The molecule has 7 nitrogen and oxygen atoms in total. The van der Waals surface area contributed by atoms with Crippen LogP contribution in [0, 0.1) is 0 Å². The maximum absolute atomic E-state index is 5.96. The minimum absolute atomic E-state index is 0.00814. The molecule has 3 N–H and O–H groups in total. The minimum Gasteiger partial charge on any atom is -0.368 e. The van der Waals surface area contributed by atoms with Gasteiger partial charge in [-0.05, 0) is 51.3 Å². The van der Waals surface area contributed by atoms with E-state index >= 15 is 0 Å². The van der Waals surface area contributed by atoms with Crippen molar-refractivity contribution in [3.05, 3.63) is 42.1 Å². The van der Waals surface area contributed by atoms with Gasteiger partial charge in [0.2, 0.25) is 5.95 Å². The smallest absolute Gasteiger partial charge is 0.222 e. The van der Waals surface area contributed by atoms with Gasteiger partial charge in [0.25, 0.3) is 0 Å². The van der Waals surface area contributed by atoms with Crippen molar-refractivity contribution in [1.29, 1.82) is 0 Å². The molecule has 1 saturated heterocycles. The molecule has 0 aliphatic carbocycles. The molecule has 1 aromatic carbocycles. The highest BCUT2D eigenvalue weighted by molar-refractivity contribution is 5.92. The van der Waals surface area contributed by atoms with Crippen molar-refractivity contribution in [2.45, 2.75) is 39.3 Å². The Bertz CT molecular complexity index is 999. The van der Waals surface area contributed by atoms with Gasteiger partial charge in [-0.25, -0.2) is 9.67 Å². The lowest BCUT2D eigenvalue weighted by Crippen LogP contribution is -2.19. The Balaban J connectivity index is 1.69. The van der Waals surface area contributed by atoms with Crippen LogP contribution in [0.1, 0.15) is 39.3 Å². The Hall–Kier alpha value is -2.93. The van der Waals surface area contributed by atoms with E-state index in [-0.39, 0.29) is 12.2 Å². The number of fused-ring (bicyclic) bond motifs is 1. The van der Waals surface area contributed by atoms with Crippen LogP contribution in [0.4, 0.5) is 11.8 Å². The van der Waals surface area contributed by atoms with E-state index in [9.17, 15) is 0 Å². The molecule has 0 radical (unpaired) electrons. The molecule has 1 fully saturated rings. The molecule has 1 atom stereocenters. The molecule has 2 aromatic heterocycles. The van der Waals surface area contributed by atoms with Crippen LogP contribution in [0.5, 0.6) is 0 Å². The van der Waals surface area contributed by atoms with Gasteiger partial charge in [0.15, 0.2) is 6.23 Å². The maximum atomic E-state index is 5.96. The van der Waals surface area contributed by atoms with E-state index in [1.807, 2.05) is 29.1 Å². The molecule has 4 rings (SSSR count). The van der Waals surface area contributed by atoms with E-state index in [0.29, 0.717) is 6.54 Å². The first-order valence-corrected chi connectivity index (χ1v) is 9.72. The third-order valence-electron chi connectivity index (χ3n) is 4.89. The quantitative estimate of drug-likeness (QED) is 0.648. The predicted octanol–water partition coefficient (Wildman–Crippen LogP) is 4.15. The molecule has 3 heterocycles. The summed E-state index contributed by atoms with van der Waals surface area (Å²) in [5.74, 6) is 1.00. The van der Waals surface area contributed by atoms with E-state index in [2.05, 4.69) is 46.4 Å². The molecular weight excluding hydrogens is 352 g/mol. The van der Waals surface area contributed by atoms with Gasteiger partial charge in [-0.3, -0.25) is 0 Å². The summed E-state index contributed by atoms with van der Waals surface area (Å²) in [6, 6.07) is 8.16. The number of nitrogens with zero attached hydrogens (tertiary/aromatic N) is 4. The first kappa shape index (κ1) is 18.4. The van der Waals surface area contributed by atoms with Crippen molar-refractivity contribution in [2.24, 2.45) is 0 Å². The maximum Gasteiger partial charge on any atom is 0.222 e. The zero-order valence-corrected chi connectivity index (χ0v) is 16.4. The van der Waals surface area contributed by atoms with Gasteiger partial charge in [0.05, 0.1) is 11.2 Å². The Morgan fingerprint density at radius 2 is 2.18 bits per heavy atom. The highest BCUT2D eigenvalue weighted by atomic mass is 16.5. The number of hydrogen-bond acceptors (Lipinski definition) is 6. The number of nitrogens with one attached hydrogen (secondary N) is 1. The summed E-state index contributed by atoms with van der Waals surface area (Å²) in [5, 5.41) is 8.78. The summed E-state index contributed by atoms with van der Waals surface area (Å²) < 4.78 is 7.88. The summed E-state index contributed by atoms with van der Waals surface area (Å²) in [4.78, 5) is 8.81. The van der Waals surface area contributed by atoms with Gasteiger partial charge >= 0.3 is 0 Å². The SMILES string of the molecule is CC(C)=CCNc1nc(N)nc2cc(-c3ccnn3C3CCCCO3)ccc12. The monoisotopic (exact) mass is 378 g/mol. The van der Waals surface area contributed by atoms with Gasteiger partial charge in [-0.15, -0.1) is 0 Å². The second kappa shape index (κ2) is 7.98. The molecule has 0 saturated carbocycles. The Labute approximate surface area is 164 Å². The zero-order valence-electron chi connectivity index (χ0n) is 16.4. The number of ether oxygens (including phenoxy) is 1. The molecule has 1 aliphatic heterocycles. The average molecular weight is 378 g/mol. The van der Waals surface area contributed by atoms with Crippen LogP contribution in [0.3, 0.4) is 0 Å². The van der Waals surface area contributed by atoms with Crippen LogP contribution >= 0.6 is 0 Å². The summed E-state index contributed by atoms with van der Waals surface area (Å²) >= 11 is 0. The van der Waals surface area contributed by atoms with Crippen LogP contribution in [-0.2, 0) is 4.74 Å². The summed E-state index contributed by atoms with van der Waals surface area (Å²) in [6.45, 7) is 5.62. The lowest BCUT2D eigenvalue weighted by atomic mass is 10.1. The van der Waals surface area contributed by atoms with Crippen LogP contribution < -0.4 is 11.1 Å². The third-order valence-corrected chi connectivity index (χ3v) is 4.89. The fourth-order valence-electron chi connectivity index (χ4n) is 3.48. The topological polar surface area (TPSA) is 90.9 Å².